The highest BCUT2D eigenvalue weighted by Crippen LogP contribution is 2.27. The van der Waals surface area contributed by atoms with Gasteiger partial charge in [-0.2, -0.15) is 0 Å². The fraction of sp³-hybridized carbons (Fsp3) is 0.308. The lowest BCUT2D eigenvalue weighted by Crippen LogP contribution is -2.23. The number of hydrogen-bond acceptors (Lipinski definition) is 6. The molecular weight excluding hydrogens is 448 g/mol. The van der Waals surface area contributed by atoms with Gasteiger partial charge in [-0.15, -0.1) is 0 Å². The minimum absolute atomic E-state index is 0.0989. The second-order valence-electron chi connectivity index (χ2n) is 9.32. The highest BCUT2D eigenvalue weighted by molar-refractivity contribution is 7.90. The summed E-state index contributed by atoms with van der Waals surface area (Å²) in [7, 11) is -3.38. The normalized spacial score (nSPS) is 13.0. The van der Waals surface area contributed by atoms with Crippen molar-refractivity contribution in [1.29, 1.82) is 0 Å². The quantitative estimate of drug-likeness (QED) is 0.406. The van der Waals surface area contributed by atoms with Crippen molar-refractivity contribution in [3.63, 3.8) is 0 Å². The Bertz CT molecular complexity index is 1520. The van der Waals surface area contributed by atoms with Crippen LogP contribution in [0, 0.1) is 17.3 Å². The van der Waals surface area contributed by atoms with Gasteiger partial charge in [0, 0.05) is 28.2 Å². The molecule has 0 radical (unpaired) electrons. The molecule has 0 aliphatic carbocycles. The minimum Gasteiger partial charge on any atom is -0.380 e. The lowest BCUT2D eigenvalue weighted by molar-refractivity contribution is 0.114. The van der Waals surface area contributed by atoms with Gasteiger partial charge in [0.15, 0.2) is 0 Å². The van der Waals surface area contributed by atoms with Gasteiger partial charge in [0.1, 0.15) is 18.2 Å². The van der Waals surface area contributed by atoms with E-state index in [2.05, 4.69) is 27.1 Å². The van der Waals surface area contributed by atoms with Crippen molar-refractivity contribution in [3.8, 4) is 11.8 Å². The first-order valence-electron chi connectivity index (χ1n) is 11.1. The Hall–Kier alpha value is -3.41. The molecule has 1 atom stereocenters. The van der Waals surface area contributed by atoms with Crippen molar-refractivity contribution in [1.82, 2.24) is 13.9 Å². The van der Waals surface area contributed by atoms with E-state index in [9.17, 15) is 13.5 Å². The molecule has 0 saturated heterocycles. The Morgan fingerprint density at radius 1 is 1.12 bits per heavy atom. The van der Waals surface area contributed by atoms with E-state index in [1.807, 2.05) is 58.0 Å². The summed E-state index contributed by atoms with van der Waals surface area (Å²) >= 11 is 0. The topological polar surface area (TPSA) is 97.1 Å². The largest absolute Gasteiger partial charge is 0.380 e. The van der Waals surface area contributed by atoms with Crippen LogP contribution in [-0.4, -0.2) is 39.3 Å². The van der Waals surface area contributed by atoms with E-state index in [1.165, 1.54) is 10.3 Å². The van der Waals surface area contributed by atoms with Crippen molar-refractivity contribution in [2.24, 2.45) is 5.41 Å². The highest BCUT2D eigenvalue weighted by atomic mass is 32.2. The summed E-state index contributed by atoms with van der Waals surface area (Å²) in [6.07, 6.45) is 2.90. The Kier molecular flexibility index (Phi) is 6.34. The van der Waals surface area contributed by atoms with Crippen LogP contribution in [0.2, 0.25) is 0 Å². The van der Waals surface area contributed by atoms with Crippen LogP contribution >= 0.6 is 0 Å². The highest BCUT2D eigenvalue weighted by Gasteiger charge is 2.19. The molecule has 0 bridgehead atoms. The van der Waals surface area contributed by atoms with Gasteiger partial charge in [-0.1, -0.05) is 39.5 Å². The number of benzene rings is 2. The zero-order valence-electron chi connectivity index (χ0n) is 19.7. The predicted molar refractivity (Wildman–Crippen MR) is 137 cm³/mol. The van der Waals surface area contributed by atoms with Crippen LogP contribution < -0.4 is 5.32 Å². The Morgan fingerprint density at radius 2 is 1.91 bits per heavy atom. The first kappa shape index (κ1) is 23.7. The molecule has 0 saturated carbocycles. The fourth-order valence-electron chi connectivity index (χ4n) is 3.53. The van der Waals surface area contributed by atoms with Crippen molar-refractivity contribution in [3.05, 3.63) is 60.6 Å². The van der Waals surface area contributed by atoms with Crippen LogP contribution in [0.5, 0.6) is 0 Å². The maximum Gasteiger partial charge on any atom is 0.238 e. The lowest BCUT2D eigenvalue weighted by Gasteiger charge is -2.20. The third kappa shape index (κ3) is 4.91. The van der Waals surface area contributed by atoms with Crippen LogP contribution in [0.25, 0.3) is 21.8 Å². The zero-order valence-corrected chi connectivity index (χ0v) is 20.5. The smallest absolute Gasteiger partial charge is 0.238 e. The number of fused-ring (bicyclic) bond motifs is 2. The van der Waals surface area contributed by atoms with Crippen molar-refractivity contribution in [2.45, 2.75) is 40.2 Å². The molecule has 34 heavy (non-hydrogen) atoms. The summed E-state index contributed by atoms with van der Waals surface area (Å²) in [5, 5.41) is 15.2. The molecule has 176 valence electrons. The number of nitrogens with one attached hydrogen (secondary N) is 1. The van der Waals surface area contributed by atoms with Crippen molar-refractivity contribution >= 4 is 43.3 Å². The van der Waals surface area contributed by atoms with Gasteiger partial charge in [0.25, 0.3) is 0 Å². The number of nitrogens with zero attached hydrogens (tertiary/aromatic N) is 3. The van der Waals surface area contributed by atoms with Crippen LogP contribution in [0.15, 0.2) is 55.0 Å². The van der Waals surface area contributed by atoms with E-state index in [1.54, 1.807) is 18.3 Å². The van der Waals surface area contributed by atoms with E-state index in [0.717, 1.165) is 27.5 Å². The molecule has 0 fully saturated rings. The number of hydrogen-bond donors (Lipinski definition) is 2. The molecule has 4 aromatic rings. The van der Waals surface area contributed by atoms with Gasteiger partial charge in [-0.25, -0.2) is 22.4 Å². The molecule has 0 aliphatic rings. The summed E-state index contributed by atoms with van der Waals surface area (Å²) in [6, 6.07) is 12.9. The van der Waals surface area contributed by atoms with E-state index in [-0.39, 0.29) is 11.2 Å². The van der Waals surface area contributed by atoms with Crippen LogP contribution in [0.1, 0.15) is 39.7 Å². The number of rotatable bonds is 5. The number of aliphatic hydroxyl groups excluding tert-OH is 1. The number of aromatic nitrogens is 3. The molecule has 0 amide bonds. The SMILES string of the molecule is CCCS(=O)(=O)n1ccc2cc(Nc3ncnc4ccc(C#CC(O)C(C)(C)C)cc34)ccc21. The predicted octanol–water partition coefficient (Wildman–Crippen LogP) is 4.67. The molecular formula is C26H28N4O3S. The third-order valence-electron chi connectivity index (χ3n) is 5.49. The van der Waals surface area contributed by atoms with Crippen LogP contribution in [0.4, 0.5) is 11.5 Å². The van der Waals surface area contributed by atoms with Crippen molar-refractivity contribution in [2.75, 3.05) is 11.1 Å². The van der Waals surface area contributed by atoms with Crippen LogP contribution in [0.3, 0.4) is 0 Å². The van der Waals surface area contributed by atoms with Gasteiger partial charge in [-0.3, -0.25) is 0 Å². The molecule has 7 nitrogen and oxygen atoms in total. The van der Waals surface area contributed by atoms with E-state index in [4.69, 9.17) is 0 Å². The molecule has 8 heteroatoms. The first-order valence-corrected chi connectivity index (χ1v) is 12.7. The van der Waals surface area contributed by atoms with Gasteiger partial charge >= 0.3 is 0 Å². The zero-order chi connectivity index (χ0) is 24.5. The Labute approximate surface area is 199 Å². The summed E-state index contributed by atoms with van der Waals surface area (Å²) in [5.74, 6) is 6.66. The van der Waals surface area contributed by atoms with Crippen molar-refractivity contribution < 1.29 is 13.5 Å². The maximum atomic E-state index is 12.5. The fourth-order valence-corrected chi connectivity index (χ4v) is 4.96. The standard InChI is InChI=1S/C26H28N4O3S/c1-5-14-34(32,33)30-13-12-19-16-20(8-10-23(19)30)29-25-21-15-18(6-9-22(21)27-17-28-25)7-11-24(31)26(2,3)4/h6,8-10,12-13,15-17,24,31H,5,14H2,1-4H3,(H,27,28,29). The molecule has 4 rings (SSSR count). The molecule has 2 N–H and O–H groups in total. The minimum atomic E-state index is -3.38. The molecule has 0 aliphatic heterocycles. The Morgan fingerprint density at radius 3 is 2.65 bits per heavy atom. The average molecular weight is 477 g/mol. The Balaban J connectivity index is 1.67. The monoisotopic (exact) mass is 476 g/mol. The molecule has 0 spiro atoms. The van der Waals surface area contributed by atoms with E-state index in [0.29, 0.717) is 17.8 Å². The lowest BCUT2D eigenvalue weighted by atomic mass is 9.89. The van der Waals surface area contributed by atoms with Gasteiger partial charge < -0.3 is 10.4 Å². The average Bonchev–Trinajstić information content (AvgIpc) is 3.21. The number of aliphatic hydroxyl groups is 1. The van der Waals surface area contributed by atoms with Gasteiger partial charge in [-0.05, 0) is 54.3 Å². The second-order valence-corrected chi connectivity index (χ2v) is 11.3. The number of anilines is 2. The third-order valence-corrected chi connectivity index (χ3v) is 7.33. The molecule has 1 unspecified atom stereocenters. The summed E-state index contributed by atoms with van der Waals surface area (Å²) in [5.41, 5.74) is 2.60. The van der Waals surface area contributed by atoms with Crippen LogP contribution in [-0.2, 0) is 10.0 Å². The van der Waals surface area contributed by atoms with Gasteiger partial charge in [0.2, 0.25) is 10.0 Å². The second kappa shape index (κ2) is 9.09. The summed E-state index contributed by atoms with van der Waals surface area (Å²) in [6.45, 7) is 7.66. The molecule has 2 aromatic carbocycles. The van der Waals surface area contributed by atoms with E-state index >= 15 is 0 Å². The van der Waals surface area contributed by atoms with Gasteiger partial charge in [0.05, 0.1) is 16.8 Å². The molecule has 2 aromatic heterocycles. The summed E-state index contributed by atoms with van der Waals surface area (Å²) < 4.78 is 26.4. The maximum absolute atomic E-state index is 12.5. The first-order chi connectivity index (χ1) is 16.1. The molecule has 2 heterocycles. The summed E-state index contributed by atoms with van der Waals surface area (Å²) in [4.78, 5) is 8.74. The van der Waals surface area contributed by atoms with E-state index < -0.39 is 16.1 Å².